The summed E-state index contributed by atoms with van der Waals surface area (Å²) in [5, 5.41) is 13.0. The standard InChI is InChI=1S/C8H8N4O2/c9-5-3-1-2-4(6(5)13)7-11-8(10)12-14-7/h1-3,13H,9H2,(H2,10,12). The van der Waals surface area contributed by atoms with E-state index in [4.69, 9.17) is 16.0 Å². The molecule has 14 heavy (non-hydrogen) atoms. The first-order valence-electron chi connectivity index (χ1n) is 3.85. The van der Waals surface area contributed by atoms with Crippen molar-refractivity contribution in [2.45, 2.75) is 0 Å². The van der Waals surface area contributed by atoms with Crippen LogP contribution in [0.25, 0.3) is 11.5 Å². The molecule has 0 aliphatic heterocycles. The first kappa shape index (κ1) is 8.36. The number of rotatable bonds is 1. The van der Waals surface area contributed by atoms with Crippen molar-refractivity contribution in [2.24, 2.45) is 0 Å². The summed E-state index contributed by atoms with van der Waals surface area (Å²) in [6.45, 7) is 0. The molecule has 72 valence electrons. The summed E-state index contributed by atoms with van der Waals surface area (Å²) in [7, 11) is 0. The number of anilines is 2. The molecule has 1 heterocycles. The number of phenols is 1. The molecule has 1 aromatic carbocycles. The largest absolute Gasteiger partial charge is 0.505 e. The van der Waals surface area contributed by atoms with Gasteiger partial charge >= 0.3 is 0 Å². The lowest BCUT2D eigenvalue weighted by Crippen LogP contribution is -1.88. The van der Waals surface area contributed by atoms with Crippen molar-refractivity contribution in [2.75, 3.05) is 11.5 Å². The Bertz CT molecular complexity index is 466. The molecule has 0 saturated carbocycles. The zero-order valence-corrected chi connectivity index (χ0v) is 7.14. The monoisotopic (exact) mass is 192 g/mol. The summed E-state index contributed by atoms with van der Waals surface area (Å²) in [6, 6.07) is 4.85. The summed E-state index contributed by atoms with van der Waals surface area (Å²) < 4.78 is 4.78. The summed E-state index contributed by atoms with van der Waals surface area (Å²) in [4.78, 5) is 3.77. The number of nitrogens with zero attached hydrogens (tertiary/aromatic N) is 2. The van der Waals surface area contributed by atoms with E-state index in [9.17, 15) is 5.11 Å². The first-order valence-corrected chi connectivity index (χ1v) is 3.85. The molecule has 0 amide bonds. The van der Waals surface area contributed by atoms with Gasteiger partial charge < -0.3 is 21.1 Å². The van der Waals surface area contributed by atoms with Crippen LogP contribution in [0.5, 0.6) is 5.75 Å². The summed E-state index contributed by atoms with van der Waals surface area (Å²) in [5.41, 5.74) is 11.4. The molecule has 0 saturated heterocycles. The molecule has 2 rings (SSSR count). The minimum Gasteiger partial charge on any atom is -0.505 e. The Morgan fingerprint density at radius 2 is 2.07 bits per heavy atom. The first-order chi connectivity index (χ1) is 6.68. The van der Waals surface area contributed by atoms with Crippen LogP contribution in [0, 0.1) is 0 Å². The van der Waals surface area contributed by atoms with Crippen molar-refractivity contribution in [3.63, 3.8) is 0 Å². The highest BCUT2D eigenvalue weighted by molar-refractivity contribution is 5.71. The molecule has 0 fully saturated rings. The zero-order chi connectivity index (χ0) is 10.1. The predicted molar refractivity (Wildman–Crippen MR) is 50.2 cm³/mol. The van der Waals surface area contributed by atoms with Crippen molar-refractivity contribution in [1.29, 1.82) is 0 Å². The number of para-hydroxylation sites is 1. The van der Waals surface area contributed by atoms with Gasteiger partial charge in [-0.2, -0.15) is 4.98 Å². The Kier molecular flexibility index (Phi) is 1.74. The average molecular weight is 192 g/mol. The molecule has 5 N–H and O–H groups in total. The molecule has 1 aromatic heterocycles. The SMILES string of the molecule is Nc1noc(-c2cccc(N)c2O)n1. The molecule has 0 unspecified atom stereocenters. The molecule has 0 aliphatic rings. The van der Waals surface area contributed by atoms with Crippen molar-refractivity contribution in [3.05, 3.63) is 18.2 Å². The van der Waals surface area contributed by atoms with Crippen LogP contribution in [0.4, 0.5) is 11.6 Å². The van der Waals surface area contributed by atoms with E-state index in [0.717, 1.165) is 0 Å². The summed E-state index contributed by atoms with van der Waals surface area (Å²) >= 11 is 0. The number of phenolic OH excluding ortho intramolecular Hbond substituents is 1. The molecule has 0 radical (unpaired) electrons. The quantitative estimate of drug-likeness (QED) is 0.450. The Morgan fingerprint density at radius 1 is 1.29 bits per heavy atom. The van der Waals surface area contributed by atoms with Crippen LogP contribution >= 0.6 is 0 Å². The van der Waals surface area contributed by atoms with Crippen LogP contribution in [0.1, 0.15) is 0 Å². The van der Waals surface area contributed by atoms with E-state index >= 15 is 0 Å². The maximum Gasteiger partial charge on any atom is 0.263 e. The van der Waals surface area contributed by atoms with Gasteiger partial charge in [0.1, 0.15) is 0 Å². The minimum atomic E-state index is -0.0869. The van der Waals surface area contributed by atoms with Gasteiger partial charge in [-0.3, -0.25) is 0 Å². The Hall–Kier alpha value is -2.24. The molecular weight excluding hydrogens is 184 g/mol. The fraction of sp³-hybridized carbons (Fsp3) is 0. The second-order valence-corrected chi connectivity index (χ2v) is 2.70. The highest BCUT2D eigenvalue weighted by atomic mass is 16.5. The third-order valence-corrected chi connectivity index (χ3v) is 1.74. The van der Waals surface area contributed by atoms with Gasteiger partial charge in [-0.1, -0.05) is 6.07 Å². The topological polar surface area (TPSA) is 111 Å². The number of aromatic hydroxyl groups is 1. The molecule has 6 nitrogen and oxygen atoms in total. The number of aromatic nitrogens is 2. The smallest absolute Gasteiger partial charge is 0.263 e. The second-order valence-electron chi connectivity index (χ2n) is 2.70. The molecule has 0 aliphatic carbocycles. The van der Waals surface area contributed by atoms with Crippen LogP contribution in [0.2, 0.25) is 0 Å². The summed E-state index contributed by atoms with van der Waals surface area (Å²) in [5.74, 6) is 0.0743. The van der Waals surface area contributed by atoms with E-state index in [1.807, 2.05) is 0 Å². The molecule has 6 heteroatoms. The molecule has 0 atom stereocenters. The van der Waals surface area contributed by atoms with Crippen molar-refractivity contribution < 1.29 is 9.63 Å². The Labute approximate surface area is 79.1 Å². The highest BCUT2D eigenvalue weighted by Gasteiger charge is 2.12. The molecular formula is C8H8N4O2. The maximum absolute atomic E-state index is 9.57. The van der Waals surface area contributed by atoms with Gasteiger partial charge in [0.2, 0.25) is 0 Å². The van der Waals surface area contributed by atoms with Gasteiger partial charge in [0, 0.05) is 0 Å². The van der Waals surface area contributed by atoms with E-state index in [1.54, 1.807) is 18.2 Å². The van der Waals surface area contributed by atoms with Crippen molar-refractivity contribution >= 4 is 11.6 Å². The number of hydrogen-bond acceptors (Lipinski definition) is 6. The third kappa shape index (κ3) is 1.22. The second kappa shape index (κ2) is 2.91. The van der Waals surface area contributed by atoms with E-state index in [1.165, 1.54) is 0 Å². The lowest BCUT2D eigenvalue weighted by atomic mass is 10.2. The highest BCUT2D eigenvalue weighted by Crippen LogP contribution is 2.32. The van der Waals surface area contributed by atoms with E-state index in [0.29, 0.717) is 5.56 Å². The number of nitrogens with two attached hydrogens (primary N) is 2. The van der Waals surface area contributed by atoms with Gasteiger partial charge in [-0.25, -0.2) is 0 Å². The lowest BCUT2D eigenvalue weighted by Gasteiger charge is -2.01. The third-order valence-electron chi connectivity index (χ3n) is 1.74. The van der Waals surface area contributed by atoms with E-state index in [-0.39, 0.29) is 23.3 Å². The van der Waals surface area contributed by atoms with Crippen LogP contribution in [0.3, 0.4) is 0 Å². The van der Waals surface area contributed by atoms with Crippen LogP contribution in [0.15, 0.2) is 22.7 Å². The fourth-order valence-electron chi connectivity index (χ4n) is 1.08. The van der Waals surface area contributed by atoms with Gasteiger partial charge in [-0.05, 0) is 17.3 Å². The molecule has 0 bridgehead atoms. The molecule has 0 spiro atoms. The van der Waals surface area contributed by atoms with E-state index < -0.39 is 0 Å². The van der Waals surface area contributed by atoms with Crippen molar-refractivity contribution in [3.8, 4) is 17.2 Å². The average Bonchev–Trinajstić information content (AvgIpc) is 2.57. The van der Waals surface area contributed by atoms with E-state index in [2.05, 4.69) is 10.1 Å². The van der Waals surface area contributed by atoms with Crippen LogP contribution in [-0.2, 0) is 0 Å². The maximum atomic E-state index is 9.57. The van der Waals surface area contributed by atoms with Crippen molar-refractivity contribution in [1.82, 2.24) is 10.1 Å². The summed E-state index contributed by atoms with van der Waals surface area (Å²) in [6.07, 6.45) is 0. The minimum absolute atomic E-state index is 0.0156. The van der Waals surface area contributed by atoms with Gasteiger partial charge in [0.15, 0.2) is 5.75 Å². The molecule has 2 aromatic rings. The fourth-order valence-corrected chi connectivity index (χ4v) is 1.08. The number of nitrogen functional groups attached to an aromatic ring is 2. The normalized spacial score (nSPS) is 10.3. The lowest BCUT2D eigenvalue weighted by molar-refractivity contribution is 0.427. The Morgan fingerprint density at radius 3 is 2.71 bits per heavy atom. The zero-order valence-electron chi connectivity index (χ0n) is 7.14. The van der Waals surface area contributed by atoms with Gasteiger partial charge in [-0.15, -0.1) is 0 Å². The van der Waals surface area contributed by atoms with Gasteiger partial charge in [0.05, 0.1) is 11.3 Å². The number of hydrogen-bond donors (Lipinski definition) is 3. The predicted octanol–water partition coefficient (Wildman–Crippen LogP) is 0.607. The van der Waals surface area contributed by atoms with Crippen LogP contribution in [-0.4, -0.2) is 15.2 Å². The Balaban J connectivity index is 2.57. The van der Waals surface area contributed by atoms with Gasteiger partial charge in [0.25, 0.3) is 11.8 Å². The van der Waals surface area contributed by atoms with Crippen LogP contribution < -0.4 is 11.5 Å². The number of benzene rings is 1.